The maximum Gasteiger partial charge on any atom is 0.290 e. The number of carbonyl (C=O) groups excluding carboxylic acids is 2. The molecule has 3 heterocycles. The van der Waals surface area contributed by atoms with Gasteiger partial charge in [-0.25, -0.2) is 0 Å². The average molecular weight is 470 g/mol. The van der Waals surface area contributed by atoms with E-state index in [9.17, 15) is 9.59 Å². The highest BCUT2D eigenvalue weighted by Gasteiger charge is 2.52. The molecule has 5 rings (SSSR count). The highest BCUT2D eigenvalue weighted by atomic mass is 16.5. The minimum atomic E-state index is -0.505. The zero-order valence-corrected chi connectivity index (χ0v) is 20.4. The van der Waals surface area contributed by atoms with Gasteiger partial charge in [-0.15, -0.1) is 0 Å². The van der Waals surface area contributed by atoms with Gasteiger partial charge in [-0.05, 0) is 55.7 Å². The van der Waals surface area contributed by atoms with Crippen molar-refractivity contribution in [3.05, 3.63) is 35.1 Å². The van der Waals surface area contributed by atoms with E-state index in [-0.39, 0.29) is 35.6 Å². The molecule has 0 aromatic heterocycles. The van der Waals surface area contributed by atoms with Crippen LogP contribution in [0.15, 0.2) is 29.5 Å². The van der Waals surface area contributed by atoms with Crippen molar-refractivity contribution in [2.75, 3.05) is 26.9 Å². The van der Waals surface area contributed by atoms with E-state index < -0.39 is 6.04 Å². The van der Waals surface area contributed by atoms with E-state index in [0.29, 0.717) is 42.7 Å². The summed E-state index contributed by atoms with van der Waals surface area (Å²) in [6.07, 6.45) is 5.38. The molecule has 1 aliphatic carbocycles. The first-order valence-corrected chi connectivity index (χ1v) is 12.7. The highest BCUT2D eigenvalue weighted by Crippen LogP contribution is 2.48. The lowest BCUT2D eigenvalue weighted by molar-refractivity contribution is -0.136. The Labute approximate surface area is 201 Å². The summed E-state index contributed by atoms with van der Waals surface area (Å²) in [5.74, 6) is 1.58. The minimum absolute atomic E-state index is 0.0271. The number of methoxy groups -OCH3 is 1. The molecule has 0 spiro atoms. The SMILES string of the molecule is COc1cc(C2C3=C(OC4CCCCC4C3=O)C(=O)N2CC2CCCO2)ccc1OCC(C)C. The highest BCUT2D eigenvalue weighted by molar-refractivity contribution is 6.11. The van der Waals surface area contributed by atoms with Crippen molar-refractivity contribution >= 4 is 11.7 Å². The summed E-state index contributed by atoms with van der Waals surface area (Å²) in [5, 5.41) is 0. The summed E-state index contributed by atoms with van der Waals surface area (Å²) in [7, 11) is 1.61. The van der Waals surface area contributed by atoms with Crippen molar-refractivity contribution in [2.45, 2.75) is 70.6 Å². The van der Waals surface area contributed by atoms with Gasteiger partial charge >= 0.3 is 0 Å². The molecular weight excluding hydrogens is 434 g/mol. The Kier molecular flexibility index (Phi) is 6.56. The summed E-state index contributed by atoms with van der Waals surface area (Å²) in [5.41, 5.74) is 1.33. The van der Waals surface area contributed by atoms with E-state index in [1.54, 1.807) is 12.0 Å². The van der Waals surface area contributed by atoms with Crippen LogP contribution in [0.4, 0.5) is 0 Å². The van der Waals surface area contributed by atoms with Gasteiger partial charge in [-0.3, -0.25) is 9.59 Å². The Balaban J connectivity index is 1.52. The molecule has 4 unspecified atom stereocenters. The molecule has 1 aromatic rings. The summed E-state index contributed by atoms with van der Waals surface area (Å²) < 4.78 is 23.7. The second-order valence-electron chi connectivity index (χ2n) is 10.3. The van der Waals surface area contributed by atoms with Gasteiger partial charge in [0.1, 0.15) is 6.10 Å². The molecular formula is C27H35NO6. The number of ether oxygens (including phenoxy) is 4. The van der Waals surface area contributed by atoms with Gasteiger partial charge in [0.2, 0.25) is 0 Å². The van der Waals surface area contributed by atoms with Crippen LogP contribution in [0.3, 0.4) is 0 Å². The van der Waals surface area contributed by atoms with Crippen LogP contribution in [-0.4, -0.2) is 55.7 Å². The Hall–Kier alpha value is -2.54. The van der Waals surface area contributed by atoms with E-state index in [4.69, 9.17) is 18.9 Å². The lowest BCUT2D eigenvalue weighted by atomic mass is 9.77. The van der Waals surface area contributed by atoms with Crippen molar-refractivity contribution < 1.29 is 28.5 Å². The second-order valence-corrected chi connectivity index (χ2v) is 10.3. The molecule has 184 valence electrons. The van der Waals surface area contributed by atoms with Crippen molar-refractivity contribution in [1.82, 2.24) is 4.90 Å². The van der Waals surface area contributed by atoms with Gasteiger partial charge in [-0.1, -0.05) is 26.3 Å². The number of nitrogens with zero attached hydrogens (tertiary/aromatic N) is 1. The number of hydrogen-bond donors (Lipinski definition) is 0. The molecule has 0 bridgehead atoms. The Morgan fingerprint density at radius 2 is 1.91 bits per heavy atom. The van der Waals surface area contributed by atoms with Gasteiger partial charge in [0.05, 0.1) is 37.4 Å². The first-order chi connectivity index (χ1) is 16.5. The van der Waals surface area contributed by atoms with Crippen LogP contribution in [0.25, 0.3) is 0 Å². The number of fused-ring (bicyclic) bond motifs is 1. The van der Waals surface area contributed by atoms with E-state index in [2.05, 4.69) is 13.8 Å². The van der Waals surface area contributed by atoms with Crippen LogP contribution >= 0.6 is 0 Å². The van der Waals surface area contributed by atoms with Crippen molar-refractivity contribution in [2.24, 2.45) is 11.8 Å². The van der Waals surface area contributed by atoms with Crippen LogP contribution in [0.5, 0.6) is 11.5 Å². The van der Waals surface area contributed by atoms with Gasteiger partial charge in [0.25, 0.3) is 5.91 Å². The third-order valence-electron chi connectivity index (χ3n) is 7.36. The zero-order valence-electron chi connectivity index (χ0n) is 20.4. The third kappa shape index (κ3) is 4.19. The fourth-order valence-electron chi connectivity index (χ4n) is 5.66. The maximum atomic E-state index is 13.7. The van der Waals surface area contributed by atoms with E-state index in [1.807, 2.05) is 18.2 Å². The Bertz CT molecular complexity index is 979. The Morgan fingerprint density at radius 3 is 2.65 bits per heavy atom. The molecule has 2 fully saturated rings. The smallest absolute Gasteiger partial charge is 0.290 e. The predicted molar refractivity (Wildman–Crippen MR) is 126 cm³/mol. The van der Waals surface area contributed by atoms with Crippen molar-refractivity contribution in [3.63, 3.8) is 0 Å². The molecule has 0 radical (unpaired) electrons. The van der Waals surface area contributed by atoms with Gasteiger partial charge in [-0.2, -0.15) is 0 Å². The number of benzene rings is 1. The first kappa shape index (κ1) is 23.2. The largest absolute Gasteiger partial charge is 0.493 e. The number of ketones is 1. The molecule has 1 saturated heterocycles. The standard InChI is InChI=1S/C27H35NO6/c1-16(2)15-33-21-11-10-17(13-22(21)31-3)24-23-25(29)19-8-4-5-9-20(19)34-26(23)27(30)28(24)14-18-7-6-12-32-18/h10-11,13,16,18-20,24H,4-9,12,14-15H2,1-3H3. The number of rotatable bonds is 7. The molecule has 4 atom stereocenters. The van der Waals surface area contributed by atoms with Crippen LogP contribution in [0.2, 0.25) is 0 Å². The van der Waals surface area contributed by atoms with Crippen molar-refractivity contribution in [1.29, 1.82) is 0 Å². The number of carbonyl (C=O) groups is 2. The number of hydrogen-bond acceptors (Lipinski definition) is 6. The molecule has 4 aliphatic rings. The number of Topliss-reactive ketones (excluding diaryl/α,β-unsaturated/α-hetero) is 1. The van der Waals surface area contributed by atoms with E-state index >= 15 is 0 Å². The summed E-state index contributed by atoms with van der Waals surface area (Å²) in [6.45, 7) is 5.91. The molecule has 1 saturated carbocycles. The summed E-state index contributed by atoms with van der Waals surface area (Å²) in [4.78, 5) is 29.1. The molecule has 34 heavy (non-hydrogen) atoms. The normalized spacial score (nSPS) is 28.8. The summed E-state index contributed by atoms with van der Waals surface area (Å²) in [6, 6.07) is 5.21. The fourth-order valence-corrected chi connectivity index (χ4v) is 5.66. The topological polar surface area (TPSA) is 74.3 Å². The third-order valence-corrected chi connectivity index (χ3v) is 7.36. The first-order valence-electron chi connectivity index (χ1n) is 12.7. The predicted octanol–water partition coefficient (Wildman–Crippen LogP) is 4.20. The quantitative estimate of drug-likeness (QED) is 0.596. The van der Waals surface area contributed by atoms with E-state index in [0.717, 1.165) is 44.1 Å². The van der Waals surface area contributed by atoms with Crippen molar-refractivity contribution in [3.8, 4) is 11.5 Å². The fraction of sp³-hybridized carbons (Fsp3) is 0.630. The molecule has 7 nitrogen and oxygen atoms in total. The Morgan fingerprint density at radius 1 is 1.09 bits per heavy atom. The van der Waals surface area contributed by atoms with Crippen LogP contribution in [0.1, 0.15) is 64.0 Å². The second kappa shape index (κ2) is 9.61. The molecule has 1 aromatic carbocycles. The minimum Gasteiger partial charge on any atom is -0.493 e. The van der Waals surface area contributed by atoms with Crippen LogP contribution < -0.4 is 9.47 Å². The average Bonchev–Trinajstić information content (AvgIpc) is 3.45. The van der Waals surface area contributed by atoms with Gasteiger partial charge < -0.3 is 23.8 Å². The zero-order chi connectivity index (χ0) is 23.8. The summed E-state index contributed by atoms with van der Waals surface area (Å²) >= 11 is 0. The lowest BCUT2D eigenvalue weighted by Crippen LogP contribution is -2.39. The van der Waals surface area contributed by atoms with Gasteiger partial charge in [0, 0.05) is 13.2 Å². The molecule has 7 heteroatoms. The monoisotopic (exact) mass is 469 g/mol. The van der Waals surface area contributed by atoms with E-state index in [1.165, 1.54) is 0 Å². The maximum absolute atomic E-state index is 13.7. The number of amides is 1. The molecule has 0 N–H and O–H groups in total. The molecule has 3 aliphatic heterocycles. The van der Waals surface area contributed by atoms with Crippen LogP contribution in [0, 0.1) is 11.8 Å². The molecule has 1 amide bonds. The van der Waals surface area contributed by atoms with Crippen LogP contribution in [-0.2, 0) is 19.1 Å². The lowest BCUT2D eigenvalue weighted by Gasteiger charge is -2.35. The van der Waals surface area contributed by atoms with Gasteiger partial charge in [0.15, 0.2) is 23.0 Å².